The zero-order valence-corrected chi connectivity index (χ0v) is 30.5. The summed E-state index contributed by atoms with van der Waals surface area (Å²) in [5, 5.41) is 4.84. The molecule has 3 nitrogen and oxygen atoms in total. The van der Waals surface area contributed by atoms with Crippen molar-refractivity contribution in [3.05, 3.63) is 213 Å². The molecular weight excluding hydrogens is 679 g/mol. The molecule has 0 bridgehead atoms. The monoisotopic (exact) mass is 713 g/mol. The van der Waals surface area contributed by atoms with Gasteiger partial charge in [0.05, 0.1) is 11.4 Å². The van der Waals surface area contributed by atoms with Crippen LogP contribution < -0.4 is 0 Å². The zero-order chi connectivity index (χ0) is 37.3. The molecule has 2 aromatic heterocycles. The molecule has 0 saturated heterocycles. The van der Waals surface area contributed by atoms with Crippen LogP contribution in [0.2, 0.25) is 0 Å². The van der Waals surface area contributed by atoms with Crippen LogP contribution >= 0.6 is 0 Å². The Morgan fingerprint density at radius 1 is 0.268 bits per heavy atom. The number of pyridine rings is 1. The first-order valence-corrected chi connectivity index (χ1v) is 18.9. The molecule has 0 N–H and O–H groups in total. The van der Waals surface area contributed by atoms with Gasteiger partial charge in [-0.2, -0.15) is 0 Å². The van der Waals surface area contributed by atoms with Gasteiger partial charge in [-0.15, -0.1) is 0 Å². The normalized spacial score (nSPS) is 11.2. The van der Waals surface area contributed by atoms with Crippen molar-refractivity contribution in [1.29, 1.82) is 0 Å². The van der Waals surface area contributed by atoms with E-state index < -0.39 is 0 Å². The lowest BCUT2D eigenvalue weighted by Gasteiger charge is -2.19. The van der Waals surface area contributed by atoms with Crippen LogP contribution in [0.3, 0.4) is 0 Å². The van der Waals surface area contributed by atoms with E-state index in [4.69, 9.17) is 9.97 Å². The summed E-state index contributed by atoms with van der Waals surface area (Å²) in [7, 11) is 0. The average Bonchev–Trinajstić information content (AvgIpc) is 3.29. The van der Waals surface area contributed by atoms with E-state index in [0.29, 0.717) is 5.82 Å². The Kier molecular flexibility index (Phi) is 8.51. The molecule has 0 spiro atoms. The fraction of sp³-hybridized carbons (Fsp3) is 0. The van der Waals surface area contributed by atoms with E-state index in [2.05, 4.69) is 175 Å². The lowest BCUT2D eigenvalue weighted by molar-refractivity contribution is 1.18. The van der Waals surface area contributed by atoms with Gasteiger partial charge in [-0.05, 0) is 90.8 Å². The maximum absolute atomic E-state index is 5.29. The molecule has 56 heavy (non-hydrogen) atoms. The van der Waals surface area contributed by atoms with E-state index in [1.165, 1.54) is 49.4 Å². The third-order valence-electron chi connectivity index (χ3n) is 10.6. The lowest BCUT2D eigenvalue weighted by atomic mass is 9.85. The molecule has 262 valence electrons. The molecule has 0 radical (unpaired) electrons. The number of fused-ring (bicyclic) bond motifs is 2. The molecule has 10 rings (SSSR count). The molecule has 0 fully saturated rings. The number of nitrogens with zero attached hydrogens (tertiary/aromatic N) is 3. The summed E-state index contributed by atoms with van der Waals surface area (Å²) in [6.07, 6.45) is 3.76. The quantitative estimate of drug-likeness (QED) is 0.154. The second-order valence-electron chi connectivity index (χ2n) is 14.0. The summed E-state index contributed by atoms with van der Waals surface area (Å²) in [4.78, 5) is 15.0. The summed E-state index contributed by atoms with van der Waals surface area (Å²) >= 11 is 0. The van der Waals surface area contributed by atoms with E-state index in [1.807, 2.05) is 42.7 Å². The summed E-state index contributed by atoms with van der Waals surface area (Å²) in [6.45, 7) is 0. The number of hydrogen-bond donors (Lipinski definition) is 0. The van der Waals surface area contributed by atoms with Gasteiger partial charge in [0.2, 0.25) is 0 Å². The second-order valence-corrected chi connectivity index (χ2v) is 14.0. The Hall–Kier alpha value is -7.49. The van der Waals surface area contributed by atoms with Crippen LogP contribution in [0.15, 0.2) is 213 Å². The number of rotatable bonds is 7. The van der Waals surface area contributed by atoms with E-state index >= 15 is 0 Å². The summed E-state index contributed by atoms with van der Waals surface area (Å²) < 4.78 is 0. The van der Waals surface area contributed by atoms with Crippen molar-refractivity contribution in [2.45, 2.75) is 0 Å². The molecular formula is C53H35N3. The molecule has 0 amide bonds. The van der Waals surface area contributed by atoms with Crippen LogP contribution in [0, 0.1) is 0 Å². The van der Waals surface area contributed by atoms with Gasteiger partial charge in [0.15, 0.2) is 5.82 Å². The van der Waals surface area contributed by atoms with Crippen molar-refractivity contribution in [3.8, 4) is 78.4 Å². The third-order valence-corrected chi connectivity index (χ3v) is 10.6. The Morgan fingerprint density at radius 3 is 1.27 bits per heavy atom. The van der Waals surface area contributed by atoms with Gasteiger partial charge < -0.3 is 0 Å². The van der Waals surface area contributed by atoms with Gasteiger partial charge in [0.25, 0.3) is 0 Å². The smallest absolute Gasteiger partial charge is 0.160 e. The van der Waals surface area contributed by atoms with Gasteiger partial charge in [0.1, 0.15) is 0 Å². The number of aromatic nitrogens is 3. The fourth-order valence-electron chi connectivity index (χ4n) is 7.90. The summed E-state index contributed by atoms with van der Waals surface area (Å²) in [6, 6.07) is 70.8. The van der Waals surface area contributed by atoms with Crippen molar-refractivity contribution >= 4 is 21.5 Å². The van der Waals surface area contributed by atoms with E-state index in [1.54, 1.807) is 0 Å². The first kappa shape index (κ1) is 33.1. The maximum atomic E-state index is 5.29. The van der Waals surface area contributed by atoms with Gasteiger partial charge in [-0.25, -0.2) is 9.97 Å². The molecule has 0 aliphatic rings. The van der Waals surface area contributed by atoms with Crippen LogP contribution in [0.1, 0.15) is 0 Å². The third kappa shape index (κ3) is 6.21. The molecule has 0 saturated carbocycles. The predicted molar refractivity (Wildman–Crippen MR) is 233 cm³/mol. The van der Waals surface area contributed by atoms with Crippen LogP contribution in [0.4, 0.5) is 0 Å². The van der Waals surface area contributed by atoms with Crippen LogP contribution in [-0.2, 0) is 0 Å². The van der Waals surface area contributed by atoms with Gasteiger partial charge >= 0.3 is 0 Å². The van der Waals surface area contributed by atoms with Crippen LogP contribution in [0.5, 0.6) is 0 Å². The predicted octanol–water partition coefficient (Wildman–Crippen LogP) is 13.8. The van der Waals surface area contributed by atoms with E-state index in [9.17, 15) is 0 Å². The molecule has 3 heteroatoms. The summed E-state index contributed by atoms with van der Waals surface area (Å²) in [5.41, 5.74) is 13.9. The Balaban J connectivity index is 1.22. The molecule has 2 heterocycles. The second kappa shape index (κ2) is 14.4. The molecule has 10 aromatic rings. The molecule has 0 aliphatic heterocycles. The highest BCUT2D eigenvalue weighted by Crippen LogP contribution is 2.45. The Labute approximate surface area is 326 Å². The largest absolute Gasteiger partial charge is 0.264 e. The molecule has 8 aromatic carbocycles. The first-order chi connectivity index (χ1) is 27.8. The van der Waals surface area contributed by atoms with Crippen molar-refractivity contribution < 1.29 is 0 Å². The van der Waals surface area contributed by atoms with Gasteiger partial charge in [0, 0.05) is 34.6 Å². The Bertz CT molecular complexity index is 2920. The number of benzene rings is 8. The standard InChI is InChI=1S/C53H35N3/c1-4-15-36(16-5-1)37-26-28-38(29-27-37)49-34-50(56-53(55-49)40-19-8-3-9-20-40)43-31-42(41-21-14-30-54-35-41)32-44(33-43)52-47-24-12-10-22-45(47)51(39-17-6-2-7-18-39)46-23-11-13-25-48(46)52/h1-35H. The zero-order valence-electron chi connectivity index (χ0n) is 30.5. The molecule has 0 aliphatic carbocycles. The first-order valence-electron chi connectivity index (χ1n) is 18.9. The van der Waals surface area contributed by atoms with Crippen molar-refractivity contribution in [1.82, 2.24) is 15.0 Å². The maximum Gasteiger partial charge on any atom is 0.160 e. The minimum Gasteiger partial charge on any atom is -0.264 e. The van der Waals surface area contributed by atoms with Gasteiger partial charge in [-0.3, -0.25) is 4.98 Å². The summed E-state index contributed by atoms with van der Waals surface area (Å²) in [5.74, 6) is 0.682. The van der Waals surface area contributed by atoms with E-state index in [-0.39, 0.29) is 0 Å². The van der Waals surface area contributed by atoms with Crippen molar-refractivity contribution in [2.24, 2.45) is 0 Å². The minimum absolute atomic E-state index is 0.682. The average molecular weight is 714 g/mol. The van der Waals surface area contributed by atoms with Crippen LogP contribution in [-0.4, -0.2) is 15.0 Å². The lowest BCUT2D eigenvalue weighted by Crippen LogP contribution is -1.97. The highest BCUT2D eigenvalue weighted by molar-refractivity contribution is 6.21. The van der Waals surface area contributed by atoms with Crippen molar-refractivity contribution in [2.75, 3.05) is 0 Å². The molecule has 0 unspecified atom stereocenters. The topological polar surface area (TPSA) is 38.7 Å². The fourth-order valence-corrected chi connectivity index (χ4v) is 7.90. The minimum atomic E-state index is 0.682. The number of hydrogen-bond acceptors (Lipinski definition) is 3. The van der Waals surface area contributed by atoms with E-state index in [0.717, 1.165) is 44.8 Å². The molecule has 0 atom stereocenters. The highest BCUT2D eigenvalue weighted by Gasteiger charge is 2.19. The van der Waals surface area contributed by atoms with Crippen LogP contribution in [0.25, 0.3) is 100.0 Å². The van der Waals surface area contributed by atoms with Crippen molar-refractivity contribution in [3.63, 3.8) is 0 Å². The Morgan fingerprint density at radius 2 is 0.696 bits per heavy atom. The SMILES string of the molecule is c1ccc(-c2ccc(-c3cc(-c4cc(-c5cccnc5)cc(-c5c6ccccc6c(-c6ccccc6)c6ccccc56)c4)nc(-c4ccccc4)n3)cc2)cc1. The van der Waals surface area contributed by atoms with Gasteiger partial charge in [-0.1, -0.05) is 170 Å². The highest BCUT2D eigenvalue weighted by atomic mass is 14.9.